The predicted octanol–water partition coefficient (Wildman–Crippen LogP) is 2.81. The summed E-state index contributed by atoms with van der Waals surface area (Å²) in [5.74, 6) is -1.62. The van der Waals surface area contributed by atoms with Crippen LogP contribution in [0, 0.1) is 5.82 Å². The molecule has 0 bridgehead atoms. The molecule has 6 nitrogen and oxygen atoms in total. The van der Waals surface area contributed by atoms with Gasteiger partial charge in [-0.25, -0.2) is 9.82 Å². The van der Waals surface area contributed by atoms with E-state index < -0.39 is 11.8 Å². The molecule has 27 heavy (non-hydrogen) atoms. The van der Waals surface area contributed by atoms with Gasteiger partial charge in [0.2, 0.25) is 0 Å². The SMILES string of the molecule is C=CCNC(=O)C(=O)N/N=C\c1ccc(OCc2cccc(F)c2)c(Cl)c1. The first-order valence-electron chi connectivity index (χ1n) is 7.88. The van der Waals surface area contributed by atoms with Crippen LogP contribution in [-0.4, -0.2) is 24.6 Å². The van der Waals surface area contributed by atoms with Crippen LogP contribution in [0.25, 0.3) is 0 Å². The fourth-order valence-electron chi connectivity index (χ4n) is 1.96. The van der Waals surface area contributed by atoms with Crippen LogP contribution in [0.1, 0.15) is 11.1 Å². The van der Waals surface area contributed by atoms with E-state index in [4.69, 9.17) is 16.3 Å². The first kappa shape index (κ1) is 20.1. The number of hydrogen-bond donors (Lipinski definition) is 2. The summed E-state index contributed by atoms with van der Waals surface area (Å²) in [4.78, 5) is 22.8. The molecule has 0 aliphatic rings. The van der Waals surface area contributed by atoms with Gasteiger partial charge in [0.25, 0.3) is 0 Å². The third kappa shape index (κ3) is 6.56. The monoisotopic (exact) mass is 389 g/mol. The number of halogens is 2. The minimum Gasteiger partial charge on any atom is -0.487 e. The number of amides is 2. The van der Waals surface area contributed by atoms with Gasteiger partial charge in [-0.1, -0.05) is 29.8 Å². The molecular weight excluding hydrogens is 373 g/mol. The number of nitrogens with zero attached hydrogens (tertiary/aromatic N) is 1. The van der Waals surface area contributed by atoms with Crippen molar-refractivity contribution in [3.05, 3.63) is 77.1 Å². The van der Waals surface area contributed by atoms with Crippen molar-refractivity contribution in [3.8, 4) is 5.75 Å². The Bertz CT molecular complexity index is 871. The van der Waals surface area contributed by atoms with Crippen molar-refractivity contribution in [3.63, 3.8) is 0 Å². The van der Waals surface area contributed by atoms with E-state index in [2.05, 4.69) is 22.4 Å². The van der Waals surface area contributed by atoms with Crippen LogP contribution in [0.2, 0.25) is 5.02 Å². The summed E-state index contributed by atoms with van der Waals surface area (Å²) in [6.45, 7) is 3.78. The molecule has 0 unspecified atom stereocenters. The zero-order valence-corrected chi connectivity index (χ0v) is 15.0. The van der Waals surface area contributed by atoms with Gasteiger partial charge in [0, 0.05) is 6.54 Å². The van der Waals surface area contributed by atoms with Crippen LogP contribution in [0.3, 0.4) is 0 Å². The van der Waals surface area contributed by atoms with Gasteiger partial charge in [0.15, 0.2) is 0 Å². The summed E-state index contributed by atoms with van der Waals surface area (Å²) in [5, 5.41) is 6.34. The van der Waals surface area contributed by atoms with Gasteiger partial charge in [-0.15, -0.1) is 6.58 Å². The van der Waals surface area contributed by atoms with Crippen molar-refractivity contribution >= 4 is 29.6 Å². The number of nitrogens with one attached hydrogen (secondary N) is 2. The summed E-state index contributed by atoms with van der Waals surface area (Å²) in [7, 11) is 0. The Kier molecular flexibility index (Phi) is 7.51. The van der Waals surface area contributed by atoms with Crippen molar-refractivity contribution in [2.24, 2.45) is 5.10 Å². The molecule has 2 amide bonds. The molecule has 0 atom stereocenters. The number of rotatable bonds is 7. The average molecular weight is 390 g/mol. The molecule has 2 aromatic carbocycles. The molecule has 0 aliphatic carbocycles. The zero-order valence-electron chi connectivity index (χ0n) is 14.2. The first-order chi connectivity index (χ1) is 13.0. The lowest BCUT2D eigenvalue weighted by Gasteiger charge is -2.08. The predicted molar refractivity (Wildman–Crippen MR) is 101 cm³/mol. The van der Waals surface area contributed by atoms with E-state index in [1.165, 1.54) is 24.4 Å². The van der Waals surface area contributed by atoms with Crippen LogP contribution in [-0.2, 0) is 16.2 Å². The Morgan fingerprint density at radius 2 is 2.04 bits per heavy atom. The van der Waals surface area contributed by atoms with Gasteiger partial charge in [-0.05, 0) is 41.5 Å². The molecule has 2 rings (SSSR count). The van der Waals surface area contributed by atoms with Gasteiger partial charge in [0.1, 0.15) is 18.2 Å². The van der Waals surface area contributed by atoms with Crippen molar-refractivity contribution in [1.29, 1.82) is 0 Å². The van der Waals surface area contributed by atoms with Crippen LogP contribution < -0.4 is 15.5 Å². The van der Waals surface area contributed by atoms with E-state index in [1.807, 2.05) is 0 Å². The summed E-state index contributed by atoms with van der Waals surface area (Å²) in [5.41, 5.74) is 3.36. The van der Waals surface area contributed by atoms with E-state index >= 15 is 0 Å². The number of carbonyl (C=O) groups excluding carboxylic acids is 2. The molecule has 0 fully saturated rings. The van der Waals surface area contributed by atoms with Crippen LogP contribution >= 0.6 is 11.6 Å². The summed E-state index contributed by atoms with van der Waals surface area (Å²) in [6.07, 6.45) is 2.79. The molecule has 0 heterocycles. The topological polar surface area (TPSA) is 79.8 Å². The molecule has 0 aliphatic heterocycles. The Morgan fingerprint density at radius 1 is 1.22 bits per heavy atom. The number of ether oxygens (including phenoxy) is 1. The lowest BCUT2D eigenvalue weighted by molar-refractivity contribution is -0.139. The number of carbonyl (C=O) groups is 2. The largest absolute Gasteiger partial charge is 0.487 e. The molecule has 2 N–H and O–H groups in total. The number of hydrazone groups is 1. The molecule has 2 aromatic rings. The standard InChI is InChI=1S/C19H17ClFN3O3/c1-2-8-22-18(25)19(26)24-23-11-13-6-7-17(16(20)10-13)27-12-14-4-3-5-15(21)9-14/h2-7,9-11H,1,8,12H2,(H,22,25)(H,24,26)/b23-11-. The Balaban J connectivity index is 1.90. The molecular formula is C19H17ClFN3O3. The molecule has 0 radical (unpaired) electrons. The minimum atomic E-state index is -0.894. The number of benzene rings is 2. The lowest BCUT2D eigenvalue weighted by atomic mass is 10.2. The summed E-state index contributed by atoms with van der Waals surface area (Å²) >= 11 is 6.15. The highest BCUT2D eigenvalue weighted by Crippen LogP contribution is 2.25. The van der Waals surface area contributed by atoms with Gasteiger partial charge >= 0.3 is 11.8 Å². The second-order valence-corrected chi connectivity index (χ2v) is 5.71. The van der Waals surface area contributed by atoms with Crippen LogP contribution in [0.4, 0.5) is 4.39 Å². The molecule has 0 spiro atoms. The molecule has 140 valence electrons. The van der Waals surface area contributed by atoms with Gasteiger partial charge in [-0.2, -0.15) is 5.10 Å². The first-order valence-corrected chi connectivity index (χ1v) is 8.26. The van der Waals surface area contributed by atoms with E-state index in [0.29, 0.717) is 21.9 Å². The lowest BCUT2D eigenvalue weighted by Crippen LogP contribution is -2.37. The third-order valence-corrected chi connectivity index (χ3v) is 3.53. The normalized spacial score (nSPS) is 10.4. The summed E-state index contributed by atoms with van der Waals surface area (Å²) < 4.78 is 18.7. The Morgan fingerprint density at radius 3 is 2.74 bits per heavy atom. The fourth-order valence-corrected chi connectivity index (χ4v) is 2.21. The van der Waals surface area contributed by atoms with Crippen molar-refractivity contribution < 1.29 is 18.7 Å². The molecule has 8 heteroatoms. The van der Waals surface area contributed by atoms with Gasteiger partial charge in [0.05, 0.1) is 11.2 Å². The fraction of sp³-hybridized carbons (Fsp3) is 0.105. The average Bonchev–Trinajstić information content (AvgIpc) is 2.65. The molecule has 0 saturated carbocycles. The van der Waals surface area contributed by atoms with Crippen molar-refractivity contribution in [1.82, 2.24) is 10.7 Å². The molecule has 0 saturated heterocycles. The minimum absolute atomic E-state index is 0.167. The quantitative estimate of drug-likeness (QED) is 0.331. The van der Waals surface area contributed by atoms with E-state index in [-0.39, 0.29) is 19.0 Å². The van der Waals surface area contributed by atoms with Crippen LogP contribution in [0.15, 0.2) is 60.2 Å². The van der Waals surface area contributed by atoms with Gasteiger partial charge in [-0.3, -0.25) is 9.59 Å². The maximum absolute atomic E-state index is 13.2. The Labute approximate surface area is 160 Å². The zero-order chi connectivity index (χ0) is 19.6. The highest BCUT2D eigenvalue weighted by molar-refractivity contribution is 6.35. The van der Waals surface area contributed by atoms with E-state index in [1.54, 1.807) is 30.3 Å². The summed E-state index contributed by atoms with van der Waals surface area (Å²) in [6, 6.07) is 10.9. The van der Waals surface area contributed by atoms with E-state index in [0.717, 1.165) is 0 Å². The second kappa shape index (κ2) is 10.1. The molecule has 0 aromatic heterocycles. The second-order valence-electron chi connectivity index (χ2n) is 5.31. The third-order valence-electron chi connectivity index (χ3n) is 3.23. The van der Waals surface area contributed by atoms with Crippen molar-refractivity contribution in [2.75, 3.05) is 6.54 Å². The van der Waals surface area contributed by atoms with Gasteiger partial charge < -0.3 is 10.1 Å². The Hall–Kier alpha value is -3.19. The van der Waals surface area contributed by atoms with E-state index in [9.17, 15) is 14.0 Å². The maximum Gasteiger partial charge on any atom is 0.329 e. The number of hydrogen-bond acceptors (Lipinski definition) is 4. The highest BCUT2D eigenvalue weighted by Gasteiger charge is 2.10. The maximum atomic E-state index is 13.2. The highest BCUT2D eigenvalue weighted by atomic mass is 35.5. The van der Waals surface area contributed by atoms with Crippen molar-refractivity contribution in [2.45, 2.75) is 6.61 Å². The smallest absolute Gasteiger partial charge is 0.329 e. The van der Waals surface area contributed by atoms with Crippen LogP contribution in [0.5, 0.6) is 5.75 Å².